The number of ether oxygens (including phenoxy) is 1. The molecule has 0 aromatic heterocycles. The van der Waals surface area contributed by atoms with Gasteiger partial charge in [-0.3, -0.25) is 4.79 Å². The first-order chi connectivity index (χ1) is 8.53. The van der Waals surface area contributed by atoms with Crippen LogP contribution in [0, 0.1) is 0 Å². The number of para-hydroxylation sites is 1. The molecule has 100 valence electrons. The Hall–Kier alpha value is -1.69. The maximum absolute atomic E-state index is 12.7. The SMILES string of the molecule is NCC(F)(F)CNC(=O)CCOc1ccccc1. The van der Waals surface area contributed by atoms with Gasteiger partial charge in [-0.25, -0.2) is 8.78 Å². The lowest BCUT2D eigenvalue weighted by atomic mass is 10.3. The number of rotatable bonds is 7. The minimum Gasteiger partial charge on any atom is -0.493 e. The number of amides is 1. The van der Waals surface area contributed by atoms with Crippen LogP contribution in [0.1, 0.15) is 6.42 Å². The molecule has 1 aromatic rings. The number of alkyl halides is 2. The summed E-state index contributed by atoms with van der Waals surface area (Å²) in [6.45, 7) is -1.38. The van der Waals surface area contributed by atoms with Crippen molar-refractivity contribution in [2.24, 2.45) is 5.73 Å². The van der Waals surface area contributed by atoms with Crippen LogP contribution in [-0.2, 0) is 4.79 Å². The Balaban J connectivity index is 2.18. The van der Waals surface area contributed by atoms with Crippen molar-refractivity contribution in [1.82, 2.24) is 5.32 Å². The number of hydrogen-bond donors (Lipinski definition) is 2. The maximum atomic E-state index is 12.7. The summed E-state index contributed by atoms with van der Waals surface area (Å²) in [7, 11) is 0. The fourth-order valence-corrected chi connectivity index (χ4v) is 1.17. The minimum atomic E-state index is -3.06. The van der Waals surface area contributed by atoms with Gasteiger partial charge < -0.3 is 15.8 Å². The van der Waals surface area contributed by atoms with E-state index in [0.29, 0.717) is 5.75 Å². The smallest absolute Gasteiger partial charge is 0.277 e. The van der Waals surface area contributed by atoms with Gasteiger partial charge in [-0.15, -0.1) is 0 Å². The Labute approximate surface area is 104 Å². The molecule has 0 heterocycles. The van der Waals surface area contributed by atoms with Crippen LogP contribution in [0.4, 0.5) is 8.78 Å². The van der Waals surface area contributed by atoms with E-state index in [1.165, 1.54) is 0 Å². The van der Waals surface area contributed by atoms with Crippen molar-refractivity contribution >= 4 is 5.91 Å². The number of nitrogens with two attached hydrogens (primary N) is 1. The number of halogens is 2. The summed E-state index contributed by atoms with van der Waals surface area (Å²) in [5, 5.41) is 2.11. The highest BCUT2D eigenvalue weighted by Crippen LogP contribution is 2.09. The topological polar surface area (TPSA) is 64.3 Å². The molecular formula is C12H16F2N2O2. The van der Waals surface area contributed by atoms with Crippen LogP contribution in [0.15, 0.2) is 30.3 Å². The Morgan fingerprint density at radius 2 is 2.00 bits per heavy atom. The average Bonchev–Trinajstić information content (AvgIpc) is 2.38. The molecule has 0 spiro atoms. The lowest BCUT2D eigenvalue weighted by molar-refractivity contribution is -0.123. The first-order valence-electron chi connectivity index (χ1n) is 5.56. The van der Waals surface area contributed by atoms with Gasteiger partial charge in [0.25, 0.3) is 5.92 Å². The Kier molecular flexibility index (Phi) is 5.51. The monoisotopic (exact) mass is 258 g/mol. The van der Waals surface area contributed by atoms with Crippen molar-refractivity contribution in [3.8, 4) is 5.75 Å². The third kappa shape index (κ3) is 5.58. The van der Waals surface area contributed by atoms with Crippen LogP contribution in [0.25, 0.3) is 0 Å². The third-order valence-electron chi connectivity index (χ3n) is 2.18. The molecule has 0 fully saturated rings. The number of nitrogens with one attached hydrogen (secondary N) is 1. The van der Waals surface area contributed by atoms with Crippen molar-refractivity contribution in [1.29, 1.82) is 0 Å². The van der Waals surface area contributed by atoms with Gasteiger partial charge in [0, 0.05) is 0 Å². The summed E-state index contributed by atoms with van der Waals surface area (Å²) < 4.78 is 30.7. The van der Waals surface area contributed by atoms with Crippen molar-refractivity contribution in [2.45, 2.75) is 12.3 Å². The van der Waals surface area contributed by atoms with Crippen molar-refractivity contribution in [3.05, 3.63) is 30.3 Å². The summed E-state index contributed by atoms with van der Waals surface area (Å²) in [5.41, 5.74) is 4.84. The summed E-state index contributed by atoms with van der Waals surface area (Å²) in [5.74, 6) is -2.91. The molecule has 0 radical (unpaired) electrons. The van der Waals surface area contributed by atoms with Crippen LogP contribution in [0.5, 0.6) is 5.75 Å². The maximum Gasteiger partial charge on any atom is 0.277 e. The predicted molar refractivity (Wildman–Crippen MR) is 63.6 cm³/mol. The van der Waals surface area contributed by atoms with Crippen LogP contribution in [0.3, 0.4) is 0 Å². The van der Waals surface area contributed by atoms with Gasteiger partial charge in [0.2, 0.25) is 5.91 Å². The molecule has 0 aliphatic carbocycles. The van der Waals surface area contributed by atoms with Crippen LogP contribution in [-0.4, -0.2) is 31.5 Å². The van der Waals surface area contributed by atoms with E-state index < -0.39 is 24.9 Å². The van der Waals surface area contributed by atoms with Gasteiger partial charge in [-0.05, 0) is 12.1 Å². The Morgan fingerprint density at radius 1 is 1.33 bits per heavy atom. The molecule has 1 amide bonds. The normalized spacial score (nSPS) is 11.1. The van der Waals surface area contributed by atoms with Gasteiger partial charge in [0.1, 0.15) is 5.75 Å². The molecule has 3 N–H and O–H groups in total. The standard InChI is InChI=1S/C12H16F2N2O2/c13-12(14,8-15)9-16-11(17)6-7-18-10-4-2-1-3-5-10/h1-5H,6-9,15H2,(H,16,17). The molecule has 6 heteroatoms. The lowest BCUT2D eigenvalue weighted by Gasteiger charge is -2.14. The highest BCUT2D eigenvalue weighted by atomic mass is 19.3. The van der Waals surface area contributed by atoms with Crippen LogP contribution in [0.2, 0.25) is 0 Å². The van der Waals surface area contributed by atoms with Crippen molar-refractivity contribution in [2.75, 3.05) is 19.7 Å². The molecule has 0 aliphatic rings. The molecule has 1 rings (SSSR count). The summed E-state index contributed by atoms with van der Waals surface area (Å²) in [6.07, 6.45) is 0.0234. The second-order valence-electron chi connectivity index (χ2n) is 3.75. The van der Waals surface area contributed by atoms with Gasteiger partial charge in [0.05, 0.1) is 26.1 Å². The fraction of sp³-hybridized carbons (Fsp3) is 0.417. The second kappa shape index (κ2) is 6.90. The van der Waals surface area contributed by atoms with E-state index in [1.54, 1.807) is 24.3 Å². The second-order valence-corrected chi connectivity index (χ2v) is 3.75. The molecule has 0 unspecified atom stereocenters. The molecule has 0 saturated carbocycles. The average molecular weight is 258 g/mol. The molecular weight excluding hydrogens is 242 g/mol. The molecule has 18 heavy (non-hydrogen) atoms. The van der Waals surface area contributed by atoms with E-state index in [2.05, 4.69) is 5.32 Å². The highest BCUT2D eigenvalue weighted by Gasteiger charge is 2.26. The first kappa shape index (κ1) is 14.4. The molecule has 4 nitrogen and oxygen atoms in total. The first-order valence-corrected chi connectivity index (χ1v) is 5.56. The predicted octanol–water partition coefficient (Wildman–Crippen LogP) is 1.17. The summed E-state index contributed by atoms with van der Waals surface area (Å²) in [4.78, 5) is 11.2. The van der Waals surface area contributed by atoms with E-state index in [1.807, 2.05) is 6.07 Å². The summed E-state index contributed by atoms with van der Waals surface area (Å²) in [6, 6.07) is 8.95. The van der Waals surface area contributed by atoms with Crippen molar-refractivity contribution in [3.63, 3.8) is 0 Å². The van der Waals surface area contributed by atoms with E-state index >= 15 is 0 Å². The lowest BCUT2D eigenvalue weighted by Crippen LogP contribution is -2.41. The summed E-state index contributed by atoms with van der Waals surface area (Å²) >= 11 is 0. The number of hydrogen-bond acceptors (Lipinski definition) is 3. The van der Waals surface area contributed by atoms with Crippen LogP contribution < -0.4 is 15.8 Å². The zero-order chi connectivity index (χ0) is 13.4. The Morgan fingerprint density at radius 3 is 2.61 bits per heavy atom. The molecule has 0 saturated heterocycles. The molecule has 1 aromatic carbocycles. The van der Waals surface area contributed by atoms with Gasteiger partial charge in [0.15, 0.2) is 0 Å². The van der Waals surface area contributed by atoms with Gasteiger partial charge in [-0.1, -0.05) is 18.2 Å². The van der Waals surface area contributed by atoms with E-state index in [-0.39, 0.29) is 13.0 Å². The third-order valence-corrected chi connectivity index (χ3v) is 2.18. The van der Waals surface area contributed by atoms with E-state index in [9.17, 15) is 13.6 Å². The van der Waals surface area contributed by atoms with Crippen molar-refractivity contribution < 1.29 is 18.3 Å². The minimum absolute atomic E-state index is 0.0234. The zero-order valence-corrected chi connectivity index (χ0v) is 9.86. The molecule has 0 atom stereocenters. The number of carbonyl (C=O) groups excluding carboxylic acids is 1. The van der Waals surface area contributed by atoms with E-state index in [0.717, 1.165) is 0 Å². The number of carbonyl (C=O) groups is 1. The molecule has 0 aliphatic heterocycles. The van der Waals surface area contributed by atoms with Crippen LogP contribution >= 0.6 is 0 Å². The quantitative estimate of drug-likeness (QED) is 0.771. The molecule has 0 bridgehead atoms. The van der Waals surface area contributed by atoms with Gasteiger partial charge in [-0.2, -0.15) is 0 Å². The number of benzene rings is 1. The largest absolute Gasteiger partial charge is 0.493 e. The van der Waals surface area contributed by atoms with E-state index in [4.69, 9.17) is 10.5 Å². The fourth-order valence-electron chi connectivity index (χ4n) is 1.17. The Bertz CT molecular complexity index is 372. The van der Waals surface area contributed by atoms with Gasteiger partial charge >= 0.3 is 0 Å². The zero-order valence-electron chi connectivity index (χ0n) is 9.86. The highest BCUT2D eigenvalue weighted by molar-refractivity contribution is 5.76.